The molecule has 1 N–H and O–H groups in total. The van der Waals surface area contributed by atoms with Crippen molar-refractivity contribution in [2.24, 2.45) is 0 Å². The maximum atomic E-state index is 4.68. The Morgan fingerprint density at radius 1 is 1.04 bits per heavy atom. The molecule has 128 valence electrons. The number of hydrogen-bond acceptors (Lipinski definition) is 4. The lowest BCUT2D eigenvalue weighted by Crippen LogP contribution is -2.25. The summed E-state index contributed by atoms with van der Waals surface area (Å²) >= 11 is 0. The molecule has 2 aromatic rings. The third-order valence-electron chi connectivity index (χ3n) is 4.75. The summed E-state index contributed by atoms with van der Waals surface area (Å²) < 4.78 is 0. The lowest BCUT2D eigenvalue weighted by Gasteiger charge is -2.22. The number of nitrogens with zero attached hydrogens (tertiary/aromatic N) is 3. The zero-order chi connectivity index (χ0) is 16.9. The minimum Gasteiger partial charge on any atom is -0.356 e. The van der Waals surface area contributed by atoms with Crippen LogP contribution in [0.4, 0.5) is 17.3 Å². The molecule has 1 aliphatic rings. The largest absolute Gasteiger partial charge is 0.356 e. The highest BCUT2D eigenvalue weighted by Crippen LogP contribution is 2.27. The quantitative estimate of drug-likeness (QED) is 0.878. The molecule has 0 atom stereocenters. The third kappa shape index (κ3) is 3.86. The van der Waals surface area contributed by atoms with E-state index < -0.39 is 0 Å². The predicted molar refractivity (Wildman–Crippen MR) is 101 cm³/mol. The van der Waals surface area contributed by atoms with Crippen molar-refractivity contribution >= 4 is 17.3 Å². The van der Waals surface area contributed by atoms with Crippen molar-refractivity contribution < 1.29 is 0 Å². The van der Waals surface area contributed by atoms with Crippen molar-refractivity contribution in [3.63, 3.8) is 0 Å². The van der Waals surface area contributed by atoms with Gasteiger partial charge in [0.25, 0.3) is 0 Å². The van der Waals surface area contributed by atoms with Crippen molar-refractivity contribution in [1.29, 1.82) is 0 Å². The molecular weight excluding hydrogens is 296 g/mol. The van der Waals surface area contributed by atoms with E-state index >= 15 is 0 Å². The third-order valence-corrected chi connectivity index (χ3v) is 4.75. The van der Waals surface area contributed by atoms with E-state index in [-0.39, 0.29) is 0 Å². The van der Waals surface area contributed by atoms with Crippen LogP contribution < -0.4 is 10.2 Å². The number of benzene rings is 1. The Bertz CT molecular complexity index is 688. The summed E-state index contributed by atoms with van der Waals surface area (Å²) in [4.78, 5) is 11.7. The van der Waals surface area contributed by atoms with Gasteiger partial charge in [-0.05, 0) is 44.2 Å². The van der Waals surface area contributed by atoms with Crippen LogP contribution in [0.15, 0.2) is 24.3 Å². The Hall–Kier alpha value is -2.10. The van der Waals surface area contributed by atoms with Gasteiger partial charge in [0.2, 0.25) is 0 Å². The molecule has 4 heteroatoms. The van der Waals surface area contributed by atoms with Gasteiger partial charge in [-0.3, -0.25) is 0 Å². The Morgan fingerprint density at radius 3 is 2.50 bits per heavy atom. The van der Waals surface area contributed by atoms with E-state index in [0.717, 1.165) is 37.0 Å². The fraction of sp³-hybridized carbons (Fsp3) is 0.500. The molecule has 24 heavy (non-hydrogen) atoms. The molecule has 3 rings (SSSR count). The first-order chi connectivity index (χ1) is 11.7. The van der Waals surface area contributed by atoms with Crippen molar-refractivity contribution in [3.05, 3.63) is 41.2 Å². The highest BCUT2D eigenvalue weighted by molar-refractivity contribution is 5.66. The summed E-state index contributed by atoms with van der Waals surface area (Å²) in [5.41, 5.74) is 3.75. The van der Waals surface area contributed by atoms with Gasteiger partial charge in [0, 0.05) is 24.8 Å². The first-order valence-electron chi connectivity index (χ1n) is 9.13. The SMILES string of the molecule is CCc1cccc(C)c1Nc1cc(N2CCCCCC2)nc(C)n1. The molecular formula is C20H28N4. The molecule has 0 bridgehead atoms. The Kier molecular flexibility index (Phi) is 5.34. The first-order valence-corrected chi connectivity index (χ1v) is 9.13. The summed E-state index contributed by atoms with van der Waals surface area (Å²) in [5.74, 6) is 2.77. The molecule has 0 unspecified atom stereocenters. The van der Waals surface area contributed by atoms with E-state index in [2.05, 4.69) is 58.3 Å². The summed E-state index contributed by atoms with van der Waals surface area (Å²) in [5, 5.41) is 3.55. The Morgan fingerprint density at radius 2 is 1.79 bits per heavy atom. The summed E-state index contributed by atoms with van der Waals surface area (Å²) in [7, 11) is 0. The van der Waals surface area contributed by atoms with Gasteiger partial charge in [0.05, 0.1) is 0 Å². The minimum atomic E-state index is 0.825. The van der Waals surface area contributed by atoms with E-state index in [1.165, 1.54) is 42.5 Å². The van der Waals surface area contributed by atoms with E-state index in [1.54, 1.807) is 0 Å². The van der Waals surface area contributed by atoms with E-state index in [0.29, 0.717) is 0 Å². The lowest BCUT2D eigenvalue weighted by molar-refractivity contribution is 0.726. The van der Waals surface area contributed by atoms with E-state index in [4.69, 9.17) is 0 Å². The molecule has 1 aromatic heterocycles. The molecule has 1 aliphatic heterocycles. The monoisotopic (exact) mass is 324 g/mol. The highest BCUT2D eigenvalue weighted by atomic mass is 15.2. The summed E-state index contributed by atoms with van der Waals surface area (Å²) in [6.45, 7) is 8.51. The van der Waals surface area contributed by atoms with Gasteiger partial charge in [-0.15, -0.1) is 0 Å². The molecule has 0 radical (unpaired) electrons. The number of para-hydroxylation sites is 1. The maximum absolute atomic E-state index is 4.68. The van der Waals surface area contributed by atoms with Crippen LogP contribution in [0.1, 0.15) is 49.6 Å². The number of rotatable bonds is 4. The second-order valence-corrected chi connectivity index (χ2v) is 6.65. The van der Waals surface area contributed by atoms with Crippen molar-refractivity contribution in [2.75, 3.05) is 23.3 Å². The average molecular weight is 324 g/mol. The van der Waals surface area contributed by atoms with E-state index in [9.17, 15) is 0 Å². The van der Waals surface area contributed by atoms with Crippen molar-refractivity contribution in [1.82, 2.24) is 9.97 Å². The Labute approximate surface area is 145 Å². The van der Waals surface area contributed by atoms with Gasteiger partial charge in [-0.2, -0.15) is 0 Å². The molecule has 0 spiro atoms. The smallest absolute Gasteiger partial charge is 0.136 e. The van der Waals surface area contributed by atoms with Gasteiger partial charge in [-0.25, -0.2) is 9.97 Å². The number of aryl methyl sites for hydroxylation is 3. The maximum Gasteiger partial charge on any atom is 0.136 e. The van der Waals surface area contributed by atoms with Gasteiger partial charge in [-0.1, -0.05) is 38.0 Å². The average Bonchev–Trinajstić information content (AvgIpc) is 2.85. The molecule has 1 fully saturated rings. The number of anilines is 3. The molecule has 0 amide bonds. The second-order valence-electron chi connectivity index (χ2n) is 6.65. The molecule has 4 nitrogen and oxygen atoms in total. The Balaban J connectivity index is 1.89. The van der Waals surface area contributed by atoms with Crippen LogP contribution in [0.3, 0.4) is 0 Å². The van der Waals surface area contributed by atoms with Gasteiger partial charge >= 0.3 is 0 Å². The lowest BCUT2D eigenvalue weighted by atomic mass is 10.1. The number of aromatic nitrogens is 2. The van der Waals surface area contributed by atoms with Crippen molar-refractivity contribution in [3.8, 4) is 0 Å². The fourth-order valence-electron chi connectivity index (χ4n) is 3.41. The standard InChI is InChI=1S/C20H28N4/c1-4-17-11-9-10-15(2)20(17)23-18-14-19(22-16(3)21-18)24-12-7-5-6-8-13-24/h9-11,14H,4-8,12-13H2,1-3H3,(H,21,22,23). The fourth-order valence-corrected chi connectivity index (χ4v) is 3.41. The van der Waals surface area contributed by atoms with Gasteiger partial charge in [0.15, 0.2) is 0 Å². The zero-order valence-electron chi connectivity index (χ0n) is 15.1. The highest BCUT2D eigenvalue weighted by Gasteiger charge is 2.14. The summed E-state index contributed by atoms with van der Waals surface area (Å²) in [6, 6.07) is 8.54. The van der Waals surface area contributed by atoms with Crippen LogP contribution in [0.2, 0.25) is 0 Å². The number of nitrogens with one attached hydrogen (secondary N) is 1. The van der Waals surface area contributed by atoms with Crippen LogP contribution in [-0.4, -0.2) is 23.1 Å². The molecule has 2 heterocycles. The summed E-state index contributed by atoms with van der Waals surface area (Å²) in [6.07, 6.45) is 6.17. The van der Waals surface area contributed by atoms with Gasteiger partial charge < -0.3 is 10.2 Å². The second kappa shape index (κ2) is 7.65. The topological polar surface area (TPSA) is 41.0 Å². The van der Waals surface area contributed by atoms with Crippen LogP contribution in [0.25, 0.3) is 0 Å². The molecule has 1 aromatic carbocycles. The predicted octanol–water partition coefficient (Wildman–Crippen LogP) is 4.78. The van der Waals surface area contributed by atoms with Crippen LogP contribution >= 0.6 is 0 Å². The normalized spacial score (nSPS) is 15.2. The molecule has 0 aliphatic carbocycles. The number of hydrogen-bond donors (Lipinski definition) is 1. The van der Waals surface area contributed by atoms with Crippen LogP contribution in [-0.2, 0) is 6.42 Å². The van der Waals surface area contributed by atoms with Crippen LogP contribution in [0, 0.1) is 13.8 Å². The molecule has 0 saturated carbocycles. The van der Waals surface area contributed by atoms with Crippen LogP contribution in [0.5, 0.6) is 0 Å². The first kappa shape index (κ1) is 16.7. The minimum absolute atomic E-state index is 0.825. The zero-order valence-corrected chi connectivity index (χ0v) is 15.1. The van der Waals surface area contributed by atoms with E-state index in [1.807, 2.05) is 6.92 Å². The van der Waals surface area contributed by atoms with Crippen molar-refractivity contribution in [2.45, 2.75) is 52.9 Å². The molecule has 1 saturated heterocycles. The van der Waals surface area contributed by atoms with Gasteiger partial charge in [0.1, 0.15) is 17.5 Å².